The summed E-state index contributed by atoms with van der Waals surface area (Å²) in [5.74, 6) is 1.68. The largest absolute Gasteiger partial charge is 0.339 e. The van der Waals surface area contributed by atoms with Gasteiger partial charge < -0.3 is 9.84 Å². The monoisotopic (exact) mass is 258 g/mol. The fraction of sp³-hybridized carbons (Fsp3) is 0.500. The van der Waals surface area contributed by atoms with E-state index in [1.54, 1.807) is 6.20 Å². The number of aromatic nitrogens is 3. The number of rotatable bonds is 3. The van der Waals surface area contributed by atoms with Crippen molar-refractivity contribution in [2.75, 3.05) is 13.1 Å². The van der Waals surface area contributed by atoms with Crippen LogP contribution in [0.5, 0.6) is 0 Å². The van der Waals surface area contributed by atoms with E-state index in [-0.39, 0.29) is 0 Å². The molecule has 1 aliphatic rings. The summed E-state index contributed by atoms with van der Waals surface area (Å²) in [6.45, 7) is 4.11. The average molecular weight is 258 g/mol. The maximum Gasteiger partial charge on any atom is 0.231 e. The van der Waals surface area contributed by atoms with Crippen molar-refractivity contribution in [3.05, 3.63) is 29.8 Å². The molecule has 1 saturated heterocycles. The third-order valence-corrected chi connectivity index (χ3v) is 3.57. The fourth-order valence-electron chi connectivity index (χ4n) is 2.49. The number of nitrogens with zero attached hydrogens (tertiary/aromatic N) is 3. The van der Waals surface area contributed by atoms with E-state index in [1.165, 1.54) is 0 Å². The first-order valence-corrected chi connectivity index (χ1v) is 6.87. The zero-order valence-electron chi connectivity index (χ0n) is 11.1. The fourth-order valence-corrected chi connectivity index (χ4v) is 2.49. The lowest BCUT2D eigenvalue weighted by atomic mass is 10.00. The van der Waals surface area contributed by atoms with Gasteiger partial charge in [0.05, 0.1) is 5.92 Å². The van der Waals surface area contributed by atoms with Gasteiger partial charge in [0.15, 0.2) is 0 Å². The van der Waals surface area contributed by atoms with Gasteiger partial charge >= 0.3 is 0 Å². The van der Waals surface area contributed by atoms with Crippen molar-refractivity contribution in [3.63, 3.8) is 0 Å². The van der Waals surface area contributed by atoms with E-state index in [2.05, 4.69) is 33.4 Å². The van der Waals surface area contributed by atoms with Gasteiger partial charge in [0.25, 0.3) is 0 Å². The number of pyridine rings is 1. The van der Waals surface area contributed by atoms with Gasteiger partial charge in [0.2, 0.25) is 11.7 Å². The summed E-state index contributed by atoms with van der Waals surface area (Å²) in [7, 11) is 0. The second kappa shape index (κ2) is 5.48. The van der Waals surface area contributed by atoms with Gasteiger partial charge in [-0.05, 0) is 37.4 Å². The number of hydrogen-bond donors (Lipinski definition) is 1. The minimum atomic E-state index is 0.337. The highest BCUT2D eigenvalue weighted by molar-refractivity contribution is 5.53. The molecule has 2 aromatic heterocycles. The summed E-state index contributed by atoms with van der Waals surface area (Å²) in [6, 6.07) is 3.99. The van der Waals surface area contributed by atoms with Crippen LogP contribution < -0.4 is 5.32 Å². The van der Waals surface area contributed by atoms with Gasteiger partial charge in [-0.1, -0.05) is 18.1 Å². The minimum Gasteiger partial charge on any atom is -0.339 e. The van der Waals surface area contributed by atoms with Crippen LogP contribution in [0.15, 0.2) is 22.9 Å². The molecule has 0 saturated carbocycles. The Hall–Kier alpha value is -1.75. The minimum absolute atomic E-state index is 0.337. The van der Waals surface area contributed by atoms with Crippen molar-refractivity contribution in [1.82, 2.24) is 20.4 Å². The Balaban J connectivity index is 1.88. The Morgan fingerprint density at radius 1 is 1.47 bits per heavy atom. The lowest BCUT2D eigenvalue weighted by molar-refractivity contribution is 0.322. The molecule has 3 rings (SSSR count). The first-order valence-electron chi connectivity index (χ1n) is 6.87. The first-order chi connectivity index (χ1) is 9.38. The van der Waals surface area contributed by atoms with Crippen LogP contribution in [-0.4, -0.2) is 28.2 Å². The molecule has 0 radical (unpaired) electrons. The predicted octanol–water partition coefficient (Wildman–Crippen LogP) is 2.16. The van der Waals surface area contributed by atoms with E-state index < -0.39 is 0 Å². The van der Waals surface area contributed by atoms with Gasteiger partial charge in [-0.25, -0.2) is 0 Å². The maximum absolute atomic E-state index is 5.42. The van der Waals surface area contributed by atoms with Crippen molar-refractivity contribution in [3.8, 4) is 11.5 Å². The maximum atomic E-state index is 5.42. The molecule has 5 heteroatoms. The van der Waals surface area contributed by atoms with Gasteiger partial charge in [-0.15, -0.1) is 0 Å². The molecule has 0 aliphatic carbocycles. The Bertz CT molecular complexity index is 546. The van der Waals surface area contributed by atoms with Gasteiger partial charge in [-0.3, -0.25) is 4.98 Å². The molecule has 19 heavy (non-hydrogen) atoms. The van der Waals surface area contributed by atoms with Crippen LogP contribution in [-0.2, 0) is 6.42 Å². The lowest BCUT2D eigenvalue weighted by Gasteiger charge is -2.18. The molecule has 0 aromatic carbocycles. The number of nitrogens with one attached hydrogen (secondary N) is 1. The van der Waals surface area contributed by atoms with E-state index >= 15 is 0 Å². The quantitative estimate of drug-likeness (QED) is 0.914. The van der Waals surface area contributed by atoms with Crippen LogP contribution in [0.4, 0.5) is 0 Å². The van der Waals surface area contributed by atoms with Crippen molar-refractivity contribution in [2.24, 2.45) is 0 Å². The predicted molar refractivity (Wildman–Crippen MR) is 71.8 cm³/mol. The standard InChI is InChI=1S/C14H18N4O/c1-2-10-5-4-8-16-12(10)13-17-14(19-18-13)11-6-3-7-15-9-11/h4-5,8,11,15H,2-3,6-7,9H2,1H3/t11-/m1/s1. The smallest absolute Gasteiger partial charge is 0.231 e. The van der Waals surface area contributed by atoms with E-state index in [0.717, 1.165) is 49.5 Å². The van der Waals surface area contributed by atoms with E-state index in [4.69, 9.17) is 4.52 Å². The van der Waals surface area contributed by atoms with Crippen molar-refractivity contribution in [2.45, 2.75) is 32.1 Å². The van der Waals surface area contributed by atoms with Crippen LogP contribution in [0.1, 0.15) is 37.1 Å². The molecule has 100 valence electrons. The zero-order chi connectivity index (χ0) is 13.1. The van der Waals surface area contributed by atoms with Crippen LogP contribution in [0.2, 0.25) is 0 Å². The summed E-state index contributed by atoms with van der Waals surface area (Å²) >= 11 is 0. The number of aryl methyl sites for hydroxylation is 1. The molecular weight excluding hydrogens is 240 g/mol. The molecule has 1 fully saturated rings. The molecule has 3 heterocycles. The SMILES string of the molecule is CCc1cccnc1-c1noc([C@@H]2CCCNC2)n1. The second-order valence-corrected chi connectivity index (χ2v) is 4.86. The molecule has 0 bridgehead atoms. The highest BCUT2D eigenvalue weighted by Gasteiger charge is 2.22. The van der Waals surface area contributed by atoms with E-state index in [1.807, 2.05) is 6.07 Å². The summed E-state index contributed by atoms with van der Waals surface area (Å²) in [5, 5.41) is 7.46. The Morgan fingerprint density at radius 3 is 3.21 bits per heavy atom. The molecule has 0 amide bonds. The number of hydrogen-bond acceptors (Lipinski definition) is 5. The first kappa shape index (κ1) is 12.3. The average Bonchev–Trinajstić information content (AvgIpc) is 2.98. The van der Waals surface area contributed by atoms with Crippen molar-refractivity contribution in [1.29, 1.82) is 0 Å². The normalized spacial score (nSPS) is 19.5. The second-order valence-electron chi connectivity index (χ2n) is 4.86. The topological polar surface area (TPSA) is 63.8 Å². The number of piperidine rings is 1. The molecule has 0 unspecified atom stereocenters. The molecule has 2 aromatic rings. The summed E-state index contributed by atoms with van der Waals surface area (Å²) in [5.41, 5.74) is 1.99. The molecule has 0 spiro atoms. The molecule has 1 atom stereocenters. The van der Waals surface area contributed by atoms with Gasteiger partial charge in [0.1, 0.15) is 5.69 Å². The van der Waals surface area contributed by atoms with Crippen molar-refractivity contribution < 1.29 is 4.52 Å². The molecule has 1 aliphatic heterocycles. The van der Waals surface area contributed by atoms with Gasteiger partial charge in [-0.2, -0.15) is 4.98 Å². The Morgan fingerprint density at radius 2 is 2.42 bits per heavy atom. The zero-order valence-corrected chi connectivity index (χ0v) is 11.1. The van der Waals surface area contributed by atoms with E-state index in [9.17, 15) is 0 Å². The van der Waals surface area contributed by atoms with Crippen LogP contribution in [0, 0.1) is 0 Å². The van der Waals surface area contributed by atoms with Crippen molar-refractivity contribution >= 4 is 0 Å². The lowest BCUT2D eigenvalue weighted by Crippen LogP contribution is -2.28. The summed E-state index contributed by atoms with van der Waals surface area (Å²) < 4.78 is 5.42. The van der Waals surface area contributed by atoms with Crippen LogP contribution in [0.25, 0.3) is 11.5 Å². The third kappa shape index (κ3) is 2.51. The summed E-state index contributed by atoms with van der Waals surface area (Å²) in [6.07, 6.45) is 4.95. The highest BCUT2D eigenvalue weighted by atomic mass is 16.5. The Kier molecular flexibility index (Phi) is 3.55. The third-order valence-electron chi connectivity index (χ3n) is 3.57. The molecular formula is C14H18N4O. The molecule has 1 N–H and O–H groups in total. The highest BCUT2D eigenvalue weighted by Crippen LogP contribution is 2.25. The van der Waals surface area contributed by atoms with Crippen LogP contribution in [0.3, 0.4) is 0 Å². The van der Waals surface area contributed by atoms with Crippen LogP contribution >= 0.6 is 0 Å². The van der Waals surface area contributed by atoms with E-state index in [0.29, 0.717) is 11.7 Å². The summed E-state index contributed by atoms with van der Waals surface area (Å²) in [4.78, 5) is 8.91. The Labute approximate surface area is 112 Å². The van der Waals surface area contributed by atoms with Gasteiger partial charge in [0, 0.05) is 12.7 Å². The molecule has 5 nitrogen and oxygen atoms in total.